The predicted octanol–water partition coefficient (Wildman–Crippen LogP) is 2.53. The minimum Gasteiger partial charge on any atom is -0.445 e. The maximum atomic E-state index is 11.7. The summed E-state index contributed by atoms with van der Waals surface area (Å²) in [5.74, 6) is 0.173. The standard InChI is InChI=1S/C6H4BClF3N2/c8-6-12-3-5(4-13-6)1-2-7(9,10)11/h1-4H/q-1/b2-1+. The van der Waals surface area contributed by atoms with Gasteiger partial charge in [-0.25, -0.2) is 9.97 Å². The molecule has 0 radical (unpaired) electrons. The lowest BCUT2D eigenvalue weighted by atomic mass is 9.91. The van der Waals surface area contributed by atoms with E-state index in [0.29, 0.717) is 0 Å². The van der Waals surface area contributed by atoms with E-state index in [2.05, 4.69) is 9.97 Å². The number of rotatable bonds is 2. The average Bonchev–Trinajstić information content (AvgIpc) is 2.02. The summed E-state index contributed by atoms with van der Waals surface area (Å²) in [6.07, 6.45) is 3.33. The fourth-order valence-corrected chi connectivity index (χ4v) is 0.726. The molecule has 70 valence electrons. The molecule has 1 heterocycles. The van der Waals surface area contributed by atoms with E-state index in [-0.39, 0.29) is 16.8 Å². The fourth-order valence-electron chi connectivity index (χ4n) is 0.629. The number of hydrogen-bond donors (Lipinski definition) is 0. The summed E-state index contributed by atoms with van der Waals surface area (Å²) in [7, 11) is 0. The van der Waals surface area contributed by atoms with Crippen LogP contribution in [-0.4, -0.2) is 16.9 Å². The summed E-state index contributed by atoms with van der Waals surface area (Å²) < 4.78 is 35.2. The SMILES string of the molecule is F[B-](F)(F)/C=C/c1cnc(Cl)nc1. The van der Waals surface area contributed by atoms with Crippen LogP contribution in [0.15, 0.2) is 18.4 Å². The normalized spacial score (nSPS) is 12.3. The molecule has 0 aromatic carbocycles. The van der Waals surface area contributed by atoms with Crippen molar-refractivity contribution in [1.29, 1.82) is 0 Å². The molecule has 0 saturated carbocycles. The molecule has 0 bridgehead atoms. The van der Waals surface area contributed by atoms with Crippen LogP contribution in [0.3, 0.4) is 0 Å². The highest BCUT2D eigenvalue weighted by molar-refractivity contribution is 6.64. The maximum absolute atomic E-state index is 11.7. The first-order valence-corrected chi connectivity index (χ1v) is 3.72. The van der Waals surface area contributed by atoms with Crippen molar-refractivity contribution in [3.8, 4) is 0 Å². The third-order valence-corrected chi connectivity index (χ3v) is 1.34. The molecule has 0 amide bonds. The molecule has 0 aliphatic carbocycles. The highest BCUT2D eigenvalue weighted by Gasteiger charge is 2.16. The van der Waals surface area contributed by atoms with Gasteiger partial charge in [0.2, 0.25) is 5.28 Å². The van der Waals surface area contributed by atoms with Crippen LogP contribution < -0.4 is 0 Å². The second-order valence-corrected chi connectivity index (χ2v) is 2.61. The van der Waals surface area contributed by atoms with Crippen LogP contribution in [0.4, 0.5) is 12.9 Å². The van der Waals surface area contributed by atoms with Crippen molar-refractivity contribution in [2.45, 2.75) is 0 Å². The van der Waals surface area contributed by atoms with Gasteiger partial charge >= 0.3 is 6.98 Å². The van der Waals surface area contributed by atoms with Gasteiger partial charge in [-0.1, -0.05) is 6.08 Å². The van der Waals surface area contributed by atoms with Crippen LogP contribution in [0.1, 0.15) is 5.56 Å². The maximum Gasteiger partial charge on any atom is 0.502 e. The minimum atomic E-state index is -4.91. The first-order chi connectivity index (χ1) is 5.97. The van der Waals surface area contributed by atoms with E-state index in [9.17, 15) is 12.9 Å². The van der Waals surface area contributed by atoms with E-state index in [1.807, 2.05) is 0 Å². The molecule has 0 spiro atoms. The van der Waals surface area contributed by atoms with Gasteiger partial charge in [0.15, 0.2) is 0 Å². The molecule has 0 aliphatic rings. The molecule has 2 nitrogen and oxygen atoms in total. The molecule has 0 aliphatic heterocycles. The largest absolute Gasteiger partial charge is 0.502 e. The highest BCUT2D eigenvalue weighted by atomic mass is 35.5. The topological polar surface area (TPSA) is 25.8 Å². The Morgan fingerprint density at radius 3 is 2.23 bits per heavy atom. The molecule has 0 fully saturated rings. The Labute approximate surface area is 77.5 Å². The summed E-state index contributed by atoms with van der Waals surface area (Å²) in [6, 6.07) is 0. The third-order valence-electron chi connectivity index (χ3n) is 1.15. The van der Waals surface area contributed by atoms with E-state index in [0.717, 1.165) is 6.08 Å². The van der Waals surface area contributed by atoms with Crippen molar-refractivity contribution in [1.82, 2.24) is 9.97 Å². The van der Waals surface area contributed by atoms with E-state index in [1.165, 1.54) is 12.4 Å². The first-order valence-electron chi connectivity index (χ1n) is 3.34. The summed E-state index contributed by atoms with van der Waals surface area (Å²) in [5.41, 5.74) is 0.267. The van der Waals surface area contributed by atoms with E-state index >= 15 is 0 Å². The van der Waals surface area contributed by atoms with Gasteiger partial charge in [0.1, 0.15) is 0 Å². The first kappa shape index (κ1) is 10.0. The number of aromatic nitrogens is 2. The molecule has 7 heteroatoms. The third kappa shape index (κ3) is 3.94. The van der Waals surface area contributed by atoms with Gasteiger partial charge in [0, 0.05) is 18.0 Å². The lowest BCUT2D eigenvalue weighted by Gasteiger charge is -2.05. The molecule has 1 aromatic rings. The summed E-state index contributed by atoms with van der Waals surface area (Å²) in [5, 5.41) is 0.00895. The van der Waals surface area contributed by atoms with E-state index < -0.39 is 6.98 Å². The smallest absolute Gasteiger partial charge is 0.445 e. The molecule has 1 aromatic heterocycles. The molecule has 1 rings (SSSR count). The van der Waals surface area contributed by atoms with Gasteiger partial charge in [0.25, 0.3) is 0 Å². The number of hydrogen-bond acceptors (Lipinski definition) is 2. The van der Waals surface area contributed by atoms with Crippen molar-refractivity contribution >= 4 is 24.7 Å². The van der Waals surface area contributed by atoms with Gasteiger partial charge in [0.05, 0.1) is 0 Å². The van der Waals surface area contributed by atoms with Crippen LogP contribution in [0.2, 0.25) is 5.28 Å². The van der Waals surface area contributed by atoms with Gasteiger partial charge in [-0.15, -0.1) is 5.98 Å². The molecule has 0 saturated heterocycles. The van der Waals surface area contributed by atoms with Crippen molar-refractivity contribution in [2.75, 3.05) is 0 Å². The summed E-state index contributed by atoms with van der Waals surface area (Å²) in [4.78, 5) is 7.04. The van der Waals surface area contributed by atoms with Gasteiger partial charge in [-0.2, -0.15) is 0 Å². The summed E-state index contributed by atoms with van der Waals surface area (Å²) in [6.45, 7) is -4.91. The zero-order valence-electron chi connectivity index (χ0n) is 6.29. The van der Waals surface area contributed by atoms with Crippen LogP contribution in [0.5, 0.6) is 0 Å². The Morgan fingerprint density at radius 1 is 1.23 bits per heavy atom. The lowest BCUT2D eigenvalue weighted by molar-refractivity contribution is 0.499. The van der Waals surface area contributed by atoms with Crippen molar-refractivity contribution in [2.24, 2.45) is 0 Å². The molecule has 0 unspecified atom stereocenters. The number of halogens is 4. The van der Waals surface area contributed by atoms with E-state index in [1.54, 1.807) is 0 Å². The lowest BCUT2D eigenvalue weighted by Crippen LogP contribution is -2.09. The zero-order chi connectivity index (χ0) is 9.90. The van der Waals surface area contributed by atoms with Crippen LogP contribution >= 0.6 is 11.6 Å². The fraction of sp³-hybridized carbons (Fsp3) is 0. The average molecular weight is 207 g/mol. The van der Waals surface area contributed by atoms with Gasteiger partial charge < -0.3 is 12.9 Å². The molecular formula is C6H4BClF3N2-. The Balaban J connectivity index is 2.75. The Kier molecular flexibility index (Phi) is 2.92. The molecular weight excluding hydrogens is 203 g/mol. The van der Waals surface area contributed by atoms with Gasteiger partial charge in [-0.3, -0.25) is 0 Å². The van der Waals surface area contributed by atoms with Gasteiger partial charge in [-0.05, 0) is 11.6 Å². The Hall–Kier alpha value is -1.04. The second-order valence-electron chi connectivity index (χ2n) is 2.27. The van der Waals surface area contributed by atoms with Crippen LogP contribution in [0, 0.1) is 0 Å². The number of nitrogens with zero attached hydrogens (tertiary/aromatic N) is 2. The molecule has 0 N–H and O–H groups in total. The predicted molar refractivity (Wildman–Crippen MR) is 45.2 cm³/mol. The summed E-state index contributed by atoms with van der Waals surface area (Å²) >= 11 is 5.34. The van der Waals surface area contributed by atoms with Crippen molar-refractivity contribution in [3.05, 3.63) is 29.2 Å². The van der Waals surface area contributed by atoms with Crippen LogP contribution in [0.25, 0.3) is 6.08 Å². The van der Waals surface area contributed by atoms with E-state index in [4.69, 9.17) is 11.6 Å². The quantitative estimate of drug-likeness (QED) is 0.550. The zero-order valence-corrected chi connectivity index (χ0v) is 7.05. The minimum absolute atomic E-state index is 0.00895. The monoisotopic (exact) mass is 207 g/mol. The van der Waals surface area contributed by atoms with Crippen LogP contribution in [-0.2, 0) is 0 Å². The highest BCUT2D eigenvalue weighted by Crippen LogP contribution is 2.12. The molecule has 13 heavy (non-hydrogen) atoms. The van der Waals surface area contributed by atoms with Crippen molar-refractivity contribution in [3.63, 3.8) is 0 Å². The van der Waals surface area contributed by atoms with Crippen molar-refractivity contribution < 1.29 is 12.9 Å². The Morgan fingerprint density at radius 2 is 1.77 bits per heavy atom. The Bertz CT molecular complexity index is 309. The molecule has 0 atom stereocenters. The second kappa shape index (κ2) is 3.78.